The summed E-state index contributed by atoms with van der Waals surface area (Å²) in [5.41, 5.74) is 2.31. The summed E-state index contributed by atoms with van der Waals surface area (Å²) in [5, 5.41) is 13.4. The van der Waals surface area contributed by atoms with Gasteiger partial charge in [0.15, 0.2) is 0 Å². The van der Waals surface area contributed by atoms with Gasteiger partial charge < -0.3 is 10.4 Å². The van der Waals surface area contributed by atoms with Crippen LogP contribution in [0.5, 0.6) is 5.75 Å². The van der Waals surface area contributed by atoms with Gasteiger partial charge in [-0.25, -0.2) is 0 Å². The maximum absolute atomic E-state index is 10.0. The lowest BCUT2D eigenvalue weighted by Gasteiger charge is -2.23. The standard InChI is InChI=1S/C13H18BrNO/c1-9-2-3-12(14)13(16)11(9)8-10-4-6-15-7-5-10/h2-3,10,15-16H,4-8H2,1H3. The van der Waals surface area contributed by atoms with Gasteiger partial charge in [-0.2, -0.15) is 0 Å². The maximum atomic E-state index is 10.0. The number of hydrogen-bond donors (Lipinski definition) is 2. The number of rotatable bonds is 2. The summed E-state index contributed by atoms with van der Waals surface area (Å²) in [6, 6.07) is 3.98. The number of aromatic hydroxyl groups is 1. The molecule has 0 amide bonds. The van der Waals surface area contributed by atoms with E-state index >= 15 is 0 Å². The Morgan fingerprint density at radius 3 is 2.75 bits per heavy atom. The number of hydrogen-bond acceptors (Lipinski definition) is 2. The summed E-state index contributed by atoms with van der Waals surface area (Å²) >= 11 is 3.38. The molecule has 0 spiro atoms. The molecule has 1 aromatic rings. The van der Waals surface area contributed by atoms with E-state index in [1.165, 1.54) is 18.4 Å². The number of piperidine rings is 1. The Labute approximate surface area is 105 Å². The summed E-state index contributed by atoms with van der Waals surface area (Å²) in [6.07, 6.45) is 3.43. The van der Waals surface area contributed by atoms with Crippen molar-refractivity contribution in [2.24, 2.45) is 5.92 Å². The molecule has 0 saturated carbocycles. The molecular weight excluding hydrogens is 266 g/mol. The maximum Gasteiger partial charge on any atom is 0.133 e. The summed E-state index contributed by atoms with van der Waals surface area (Å²) < 4.78 is 0.807. The van der Waals surface area contributed by atoms with Gasteiger partial charge in [0, 0.05) is 0 Å². The van der Waals surface area contributed by atoms with Crippen molar-refractivity contribution in [3.05, 3.63) is 27.7 Å². The van der Waals surface area contributed by atoms with Crippen LogP contribution >= 0.6 is 15.9 Å². The zero-order valence-electron chi connectivity index (χ0n) is 9.59. The van der Waals surface area contributed by atoms with Gasteiger partial charge in [-0.15, -0.1) is 0 Å². The highest BCUT2D eigenvalue weighted by molar-refractivity contribution is 9.10. The second kappa shape index (κ2) is 5.19. The van der Waals surface area contributed by atoms with Gasteiger partial charge in [0.2, 0.25) is 0 Å². The molecule has 2 N–H and O–H groups in total. The predicted octanol–water partition coefficient (Wildman–Crippen LogP) is 3.01. The molecule has 0 bridgehead atoms. The van der Waals surface area contributed by atoms with Crippen LogP contribution < -0.4 is 5.32 Å². The predicted molar refractivity (Wildman–Crippen MR) is 69.8 cm³/mol. The molecule has 0 aliphatic carbocycles. The smallest absolute Gasteiger partial charge is 0.133 e. The summed E-state index contributed by atoms with van der Waals surface area (Å²) in [6.45, 7) is 4.29. The first-order valence-corrected chi connectivity index (χ1v) is 6.65. The van der Waals surface area contributed by atoms with Crippen molar-refractivity contribution in [1.82, 2.24) is 5.32 Å². The van der Waals surface area contributed by atoms with E-state index in [1.54, 1.807) is 0 Å². The van der Waals surface area contributed by atoms with E-state index < -0.39 is 0 Å². The van der Waals surface area contributed by atoms with Crippen molar-refractivity contribution in [3.8, 4) is 5.75 Å². The molecule has 1 aromatic carbocycles. The summed E-state index contributed by atoms with van der Waals surface area (Å²) in [7, 11) is 0. The fraction of sp³-hybridized carbons (Fsp3) is 0.538. The van der Waals surface area contributed by atoms with Crippen LogP contribution in [-0.2, 0) is 6.42 Å². The third-order valence-electron chi connectivity index (χ3n) is 3.42. The fourth-order valence-electron chi connectivity index (χ4n) is 2.34. The number of halogens is 1. The van der Waals surface area contributed by atoms with Crippen LogP contribution in [0.25, 0.3) is 0 Å². The molecule has 16 heavy (non-hydrogen) atoms. The molecule has 2 nitrogen and oxygen atoms in total. The fourth-order valence-corrected chi connectivity index (χ4v) is 2.71. The molecule has 0 aromatic heterocycles. The van der Waals surface area contributed by atoms with Gasteiger partial charge in [-0.05, 0) is 78.3 Å². The van der Waals surface area contributed by atoms with Crippen molar-refractivity contribution in [2.45, 2.75) is 26.2 Å². The van der Waals surface area contributed by atoms with Crippen molar-refractivity contribution < 1.29 is 5.11 Å². The molecule has 1 heterocycles. The summed E-state index contributed by atoms with van der Waals surface area (Å²) in [5.74, 6) is 1.14. The third-order valence-corrected chi connectivity index (χ3v) is 4.06. The van der Waals surface area contributed by atoms with E-state index in [1.807, 2.05) is 6.07 Å². The van der Waals surface area contributed by atoms with Crippen molar-refractivity contribution >= 4 is 15.9 Å². The highest BCUT2D eigenvalue weighted by Gasteiger charge is 2.17. The lowest BCUT2D eigenvalue weighted by Crippen LogP contribution is -2.28. The number of benzene rings is 1. The van der Waals surface area contributed by atoms with E-state index in [9.17, 15) is 5.11 Å². The number of aryl methyl sites for hydroxylation is 1. The molecule has 1 saturated heterocycles. The Balaban J connectivity index is 2.16. The third kappa shape index (κ3) is 2.58. The molecule has 0 radical (unpaired) electrons. The second-order valence-electron chi connectivity index (χ2n) is 4.59. The van der Waals surface area contributed by atoms with E-state index in [4.69, 9.17) is 0 Å². The van der Waals surface area contributed by atoms with E-state index in [2.05, 4.69) is 34.2 Å². The van der Waals surface area contributed by atoms with Crippen molar-refractivity contribution in [2.75, 3.05) is 13.1 Å². The lowest BCUT2D eigenvalue weighted by atomic mass is 9.89. The Bertz CT molecular complexity index is 372. The van der Waals surface area contributed by atoms with E-state index in [-0.39, 0.29) is 0 Å². The van der Waals surface area contributed by atoms with Gasteiger partial charge in [-0.1, -0.05) is 6.07 Å². The van der Waals surface area contributed by atoms with Gasteiger partial charge >= 0.3 is 0 Å². The van der Waals surface area contributed by atoms with Gasteiger partial charge in [0.05, 0.1) is 4.47 Å². The Morgan fingerprint density at radius 1 is 1.38 bits per heavy atom. The largest absolute Gasteiger partial charge is 0.506 e. The molecule has 2 rings (SSSR count). The number of phenolic OH excluding ortho intramolecular Hbond substituents is 1. The molecular formula is C13H18BrNO. The minimum atomic E-state index is 0.429. The molecule has 1 aliphatic rings. The quantitative estimate of drug-likeness (QED) is 0.875. The van der Waals surface area contributed by atoms with Crippen LogP contribution in [0.3, 0.4) is 0 Å². The zero-order chi connectivity index (χ0) is 11.5. The van der Waals surface area contributed by atoms with Crippen molar-refractivity contribution in [1.29, 1.82) is 0 Å². The number of nitrogens with one attached hydrogen (secondary N) is 1. The lowest BCUT2D eigenvalue weighted by molar-refractivity contribution is 0.365. The van der Waals surface area contributed by atoms with Crippen LogP contribution in [-0.4, -0.2) is 18.2 Å². The Kier molecular flexibility index (Phi) is 3.87. The first-order chi connectivity index (χ1) is 7.68. The Morgan fingerprint density at radius 2 is 2.06 bits per heavy atom. The molecule has 1 fully saturated rings. The molecule has 3 heteroatoms. The average Bonchev–Trinajstić information content (AvgIpc) is 2.31. The number of phenols is 1. The van der Waals surface area contributed by atoms with Gasteiger partial charge in [0.1, 0.15) is 5.75 Å². The molecule has 0 atom stereocenters. The molecule has 0 unspecified atom stereocenters. The van der Waals surface area contributed by atoms with E-state index in [0.717, 1.165) is 29.5 Å². The minimum Gasteiger partial charge on any atom is -0.506 e. The summed E-state index contributed by atoms with van der Waals surface area (Å²) in [4.78, 5) is 0. The van der Waals surface area contributed by atoms with Crippen molar-refractivity contribution in [3.63, 3.8) is 0 Å². The highest BCUT2D eigenvalue weighted by Crippen LogP contribution is 2.33. The van der Waals surface area contributed by atoms with Gasteiger partial charge in [0.25, 0.3) is 0 Å². The zero-order valence-corrected chi connectivity index (χ0v) is 11.2. The second-order valence-corrected chi connectivity index (χ2v) is 5.44. The SMILES string of the molecule is Cc1ccc(Br)c(O)c1CC1CCNCC1. The van der Waals surface area contributed by atoms with E-state index in [0.29, 0.717) is 11.7 Å². The molecule has 88 valence electrons. The van der Waals surface area contributed by atoms with Gasteiger partial charge in [-0.3, -0.25) is 0 Å². The first-order valence-electron chi connectivity index (χ1n) is 5.86. The average molecular weight is 284 g/mol. The van der Waals surface area contributed by atoms with Crippen LogP contribution in [0.2, 0.25) is 0 Å². The van der Waals surface area contributed by atoms with Crippen LogP contribution in [0.15, 0.2) is 16.6 Å². The van der Waals surface area contributed by atoms with Crippen LogP contribution in [0.1, 0.15) is 24.0 Å². The highest BCUT2D eigenvalue weighted by atomic mass is 79.9. The Hall–Kier alpha value is -0.540. The first kappa shape index (κ1) is 11.9. The monoisotopic (exact) mass is 283 g/mol. The molecule has 1 aliphatic heterocycles. The minimum absolute atomic E-state index is 0.429. The topological polar surface area (TPSA) is 32.3 Å². The van der Waals surface area contributed by atoms with Crippen LogP contribution in [0, 0.1) is 12.8 Å². The van der Waals surface area contributed by atoms with Crippen LogP contribution in [0.4, 0.5) is 0 Å². The normalized spacial score (nSPS) is 17.6.